The number of furan rings is 1. The standard InChI is InChI=1S/C16H18N2OS2/c1-3-11(17)15(13-9-8-10(2)19-13)21-16-18-12-6-4-5-7-14(12)20-16/h4-9,11,15H,3,17H2,1-2H3. The molecule has 0 aliphatic heterocycles. The van der Waals surface area contributed by atoms with E-state index in [1.54, 1.807) is 23.1 Å². The zero-order chi connectivity index (χ0) is 14.8. The highest BCUT2D eigenvalue weighted by Crippen LogP contribution is 2.41. The average Bonchev–Trinajstić information content (AvgIpc) is 3.09. The van der Waals surface area contributed by atoms with Gasteiger partial charge in [0.2, 0.25) is 0 Å². The maximum absolute atomic E-state index is 6.30. The van der Waals surface area contributed by atoms with Crippen molar-refractivity contribution in [2.75, 3.05) is 0 Å². The van der Waals surface area contributed by atoms with Gasteiger partial charge in [-0.1, -0.05) is 30.8 Å². The number of nitrogens with zero attached hydrogens (tertiary/aromatic N) is 1. The van der Waals surface area contributed by atoms with Gasteiger partial charge >= 0.3 is 0 Å². The smallest absolute Gasteiger partial charge is 0.151 e. The summed E-state index contributed by atoms with van der Waals surface area (Å²) in [5.41, 5.74) is 7.34. The van der Waals surface area contributed by atoms with Crippen LogP contribution in [0.1, 0.15) is 30.1 Å². The number of thiazole rings is 1. The van der Waals surface area contributed by atoms with Gasteiger partial charge in [0.1, 0.15) is 11.5 Å². The molecule has 2 aromatic heterocycles. The number of aromatic nitrogens is 1. The van der Waals surface area contributed by atoms with Gasteiger partial charge in [-0.25, -0.2) is 4.98 Å². The highest BCUT2D eigenvalue weighted by atomic mass is 32.2. The predicted octanol–water partition coefficient (Wildman–Crippen LogP) is 4.77. The molecule has 110 valence electrons. The van der Waals surface area contributed by atoms with Gasteiger partial charge in [0, 0.05) is 6.04 Å². The number of benzene rings is 1. The molecule has 0 aliphatic rings. The highest BCUT2D eigenvalue weighted by molar-refractivity contribution is 8.01. The summed E-state index contributed by atoms with van der Waals surface area (Å²) in [7, 11) is 0. The summed E-state index contributed by atoms with van der Waals surface area (Å²) < 4.78 is 8.04. The lowest BCUT2D eigenvalue weighted by Gasteiger charge is -2.19. The number of aryl methyl sites for hydroxylation is 1. The monoisotopic (exact) mass is 318 g/mol. The quantitative estimate of drug-likeness (QED) is 0.689. The molecule has 21 heavy (non-hydrogen) atoms. The summed E-state index contributed by atoms with van der Waals surface area (Å²) in [6.45, 7) is 4.06. The number of fused-ring (bicyclic) bond motifs is 1. The molecular formula is C16H18N2OS2. The fraction of sp³-hybridized carbons (Fsp3) is 0.312. The van der Waals surface area contributed by atoms with E-state index in [0.717, 1.165) is 27.8 Å². The van der Waals surface area contributed by atoms with Crippen LogP contribution in [0.3, 0.4) is 0 Å². The van der Waals surface area contributed by atoms with Crippen molar-refractivity contribution in [1.82, 2.24) is 4.98 Å². The van der Waals surface area contributed by atoms with Crippen molar-refractivity contribution in [2.45, 2.75) is 35.9 Å². The molecule has 0 amide bonds. The molecule has 2 unspecified atom stereocenters. The number of thioether (sulfide) groups is 1. The van der Waals surface area contributed by atoms with Crippen molar-refractivity contribution in [3.8, 4) is 0 Å². The number of rotatable bonds is 5. The van der Waals surface area contributed by atoms with Gasteiger partial charge < -0.3 is 10.2 Å². The molecule has 0 radical (unpaired) electrons. The second-order valence-corrected chi connectivity index (χ2v) is 7.43. The molecule has 3 rings (SSSR count). The van der Waals surface area contributed by atoms with E-state index in [-0.39, 0.29) is 11.3 Å². The van der Waals surface area contributed by atoms with Crippen LogP contribution in [0, 0.1) is 6.92 Å². The lowest BCUT2D eigenvalue weighted by Crippen LogP contribution is -2.25. The van der Waals surface area contributed by atoms with E-state index in [1.165, 1.54) is 4.70 Å². The van der Waals surface area contributed by atoms with Crippen LogP contribution >= 0.6 is 23.1 Å². The van der Waals surface area contributed by atoms with E-state index in [4.69, 9.17) is 10.2 Å². The predicted molar refractivity (Wildman–Crippen MR) is 89.9 cm³/mol. The largest absolute Gasteiger partial charge is 0.465 e. The number of para-hydroxylation sites is 1. The molecule has 0 fully saturated rings. The van der Waals surface area contributed by atoms with Crippen molar-refractivity contribution in [3.63, 3.8) is 0 Å². The van der Waals surface area contributed by atoms with E-state index in [9.17, 15) is 0 Å². The molecule has 3 aromatic rings. The minimum absolute atomic E-state index is 0.0487. The van der Waals surface area contributed by atoms with Crippen molar-refractivity contribution < 1.29 is 4.42 Å². The van der Waals surface area contributed by atoms with Gasteiger partial charge in [-0.05, 0) is 37.6 Å². The van der Waals surface area contributed by atoms with E-state index in [1.807, 2.05) is 37.3 Å². The summed E-state index contributed by atoms with van der Waals surface area (Å²) in [4.78, 5) is 4.69. The summed E-state index contributed by atoms with van der Waals surface area (Å²) in [6.07, 6.45) is 0.905. The Morgan fingerprint density at radius 3 is 2.76 bits per heavy atom. The topological polar surface area (TPSA) is 52.0 Å². The zero-order valence-electron chi connectivity index (χ0n) is 12.1. The first-order valence-electron chi connectivity index (χ1n) is 7.01. The summed E-state index contributed by atoms with van der Waals surface area (Å²) in [5.74, 6) is 1.86. The maximum atomic E-state index is 6.30. The summed E-state index contributed by atoms with van der Waals surface area (Å²) in [5, 5.41) is 0.101. The van der Waals surface area contributed by atoms with Crippen LogP contribution in [0.25, 0.3) is 10.2 Å². The van der Waals surface area contributed by atoms with Gasteiger partial charge in [-0.15, -0.1) is 11.3 Å². The lowest BCUT2D eigenvalue weighted by molar-refractivity contribution is 0.454. The molecule has 2 atom stereocenters. The highest BCUT2D eigenvalue weighted by Gasteiger charge is 2.24. The van der Waals surface area contributed by atoms with Crippen molar-refractivity contribution >= 4 is 33.3 Å². The van der Waals surface area contributed by atoms with Crippen LogP contribution in [-0.2, 0) is 0 Å². The van der Waals surface area contributed by atoms with E-state index in [2.05, 4.69) is 18.0 Å². The van der Waals surface area contributed by atoms with Gasteiger partial charge in [0.15, 0.2) is 4.34 Å². The van der Waals surface area contributed by atoms with Gasteiger partial charge in [0.25, 0.3) is 0 Å². The fourth-order valence-electron chi connectivity index (χ4n) is 2.19. The molecule has 0 bridgehead atoms. The van der Waals surface area contributed by atoms with Crippen LogP contribution in [0.15, 0.2) is 45.2 Å². The van der Waals surface area contributed by atoms with Crippen LogP contribution in [0.5, 0.6) is 0 Å². The summed E-state index contributed by atoms with van der Waals surface area (Å²) >= 11 is 3.41. The van der Waals surface area contributed by atoms with Gasteiger partial charge in [-0.3, -0.25) is 0 Å². The van der Waals surface area contributed by atoms with Crippen molar-refractivity contribution in [1.29, 1.82) is 0 Å². The lowest BCUT2D eigenvalue weighted by atomic mass is 10.1. The third kappa shape index (κ3) is 3.15. The van der Waals surface area contributed by atoms with Gasteiger partial charge in [-0.2, -0.15) is 0 Å². The maximum Gasteiger partial charge on any atom is 0.151 e. The Kier molecular flexibility index (Phi) is 4.33. The zero-order valence-corrected chi connectivity index (χ0v) is 13.7. The second kappa shape index (κ2) is 6.22. The molecule has 5 heteroatoms. The van der Waals surface area contributed by atoms with Crippen LogP contribution in [0.2, 0.25) is 0 Å². The Balaban J connectivity index is 1.90. The first-order chi connectivity index (χ1) is 10.2. The molecule has 0 aliphatic carbocycles. The molecule has 3 nitrogen and oxygen atoms in total. The van der Waals surface area contributed by atoms with Crippen molar-refractivity contribution in [2.24, 2.45) is 5.73 Å². The third-order valence-corrected chi connectivity index (χ3v) is 5.90. The normalized spacial score (nSPS) is 14.4. The van der Waals surface area contributed by atoms with Crippen LogP contribution in [-0.4, -0.2) is 11.0 Å². The Morgan fingerprint density at radius 2 is 2.10 bits per heavy atom. The van der Waals surface area contributed by atoms with Gasteiger partial charge in [0.05, 0.1) is 15.5 Å². The number of nitrogens with two attached hydrogens (primary N) is 1. The first kappa shape index (κ1) is 14.6. The Hall–Kier alpha value is -1.30. The SMILES string of the molecule is CCC(N)C(Sc1nc2ccccc2s1)c1ccc(C)o1. The Morgan fingerprint density at radius 1 is 1.29 bits per heavy atom. The number of hydrogen-bond donors (Lipinski definition) is 1. The molecule has 2 heterocycles. The molecule has 1 aromatic carbocycles. The minimum Gasteiger partial charge on any atom is -0.465 e. The molecule has 2 N–H and O–H groups in total. The molecule has 0 saturated heterocycles. The van der Waals surface area contributed by atoms with Crippen LogP contribution in [0.4, 0.5) is 0 Å². The summed E-state index contributed by atoms with van der Waals surface area (Å²) in [6, 6.07) is 12.3. The first-order valence-corrected chi connectivity index (χ1v) is 8.71. The van der Waals surface area contributed by atoms with E-state index >= 15 is 0 Å². The third-order valence-electron chi connectivity index (χ3n) is 3.40. The molecule has 0 spiro atoms. The second-order valence-electron chi connectivity index (χ2n) is 5.01. The van der Waals surface area contributed by atoms with E-state index < -0.39 is 0 Å². The minimum atomic E-state index is 0.0487. The van der Waals surface area contributed by atoms with Crippen molar-refractivity contribution in [3.05, 3.63) is 47.9 Å². The molecule has 0 saturated carbocycles. The van der Waals surface area contributed by atoms with Crippen LogP contribution < -0.4 is 5.73 Å². The molecular weight excluding hydrogens is 300 g/mol. The fourth-order valence-corrected chi connectivity index (χ4v) is 4.64. The average molecular weight is 318 g/mol. The number of hydrogen-bond acceptors (Lipinski definition) is 5. The Labute approximate surface area is 132 Å². The Bertz CT molecular complexity index is 702. The van der Waals surface area contributed by atoms with E-state index in [0.29, 0.717) is 0 Å².